The van der Waals surface area contributed by atoms with Crippen LogP contribution in [0.2, 0.25) is 5.02 Å². The predicted molar refractivity (Wildman–Crippen MR) is 105 cm³/mol. The van der Waals surface area contributed by atoms with Crippen molar-refractivity contribution < 1.29 is 18.6 Å². The number of ether oxygens (including phenoxy) is 3. The number of nitrogens with zero attached hydrogens (tertiary/aromatic N) is 2. The molecule has 0 bridgehead atoms. The van der Waals surface area contributed by atoms with Crippen LogP contribution in [0.4, 0.5) is 0 Å². The SMILES string of the molecule is COc1cc(-c2nnc(/C(Cl)=C/c3ccc(Cl)cc3)o2)cc(OC)c1OC. The molecule has 0 aliphatic rings. The summed E-state index contributed by atoms with van der Waals surface area (Å²) in [5, 5.41) is 9.01. The van der Waals surface area contributed by atoms with Gasteiger partial charge < -0.3 is 18.6 Å². The number of hydrogen-bond acceptors (Lipinski definition) is 6. The molecule has 1 heterocycles. The van der Waals surface area contributed by atoms with Crippen molar-refractivity contribution in [1.29, 1.82) is 0 Å². The Bertz CT molecular complexity index is 943. The molecule has 0 radical (unpaired) electrons. The second-order valence-corrected chi connectivity index (χ2v) is 6.21. The Morgan fingerprint density at radius 2 is 1.59 bits per heavy atom. The van der Waals surface area contributed by atoms with Gasteiger partial charge in [0.25, 0.3) is 5.89 Å². The van der Waals surface area contributed by atoms with Crippen LogP contribution in [0.15, 0.2) is 40.8 Å². The summed E-state index contributed by atoms with van der Waals surface area (Å²) in [4.78, 5) is 0. The second kappa shape index (κ2) is 8.33. The molecule has 0 saturated heterocycles. The van der Waals surface area contributed by atoms with E-state index in [0.717, 1.165) is 5.56 Å². The van der Waals surface area contributed by atoms with Gasteiger partial charge in [-0.25, -0.2) is 0 Å². The van der Waals surface area contributed by atoms with Crippen LogP contribution in [0.5, 0.6) is 17.2 Å². The fourth-order valence-corrected chi connectivity index (χ4v) is 2.74. The van der Waals surface area contributed by atoms with E-state index in [1.165, 1.54) is 21.3 Å². The van der Waals surface area contributed by atoms with Crippen LogP contribution in [0, 0.1) is 0 Å². The van der Waals surface area contributed by atoms with E-state index in [1.807, 2.05) is 12.1 Å². The smallest absolute Gasteiger partial charge is 0.259 e. The molecule has 3 rings (SSSR count). The van der Waals surface area contributed by atoms with Crippen LogP contribution in [0.25, 0.3) is 22.6 Å². The summed E-state index contributed by atoms with van der Waals surface area (Å²) >= 11 is 12.2. The fraction of sp³-hybridized carbons (Fsp3) is 0.158. The van der Waals surface area contributed by atoms with Crippen LogP contribution in [0.1, 0.15) is 11.5 Å². The molecule has 0 N–H and O–H groups in total. The minimum Gasteiger partial charge on any atom is -0.493 e. The first-order chi connectivity index (χ1) is 13.0. The Kier molecular flexibility index (Phi) is 5.88. The number of aromatic nitrogens is 2. The van der Waals surface area contributed by atoms with Gasteiger partial charge in [-0.1, -0.05) is 35.3 Å². The quantitative estimate of drug-likeness (QED) is 0.563. The maximum absolute atomic E-state index is 6.31. The number of methoxy groups -OCH3 is 3. The standard InChI is InChI=1S/C19H16Cl2N2O4/c1-24-15-9-12(10-16(25-2)17(15)26-3)18-22-23-19(27-18)14(21)8-11-4-6-13(20)7-5-11/h4-10H,1-3H3/b14-8-. The Hall–Kier alpha value is -2.70. The van der Waals surface area contributed by atoms with E-state index < -0.39 is 0 Å². The minimum absolute atomic E-state index is 0.190. The molecular formula is C19H16Cl2N2O4. The lowest BCUT2D eigenvalue weighted by molar-refractivity contribution is 0.324. The fourth-order valence-electron chi connectivity index (χ4n) is 2.41. The number of rotatable bonds is 6. The maximum atomic E-state index is 6.31. The summed E-state index contributed by atoms with van der Waals surface area (Å²) in [5.41, 5.74) is 1.47. The van der Waals surface area contributed by atoms with Crippen LogP contribution in [-0.2, 0) is 0 Å². The second-order valence-electron chi connectivity index (χ2n) is 5.37. The van der Waals surface area contributed by atoms with Gasteiger partial charge in [0, 0.05) is 10.6 Å². The lowest BCUT2D eigenvalue weighted by atomic mass is 10.2. The maximum Gasteiger partial charge on any atom is 0.259 e. The number of halogens is 2. The van der Waals surface area contributed by atoms with Gasteiger partial charge in [0.2, 0.25) is 11.6 Å². The van der Waals surface area contributed by atoms with Gasteiger partial charge in [-0.3, -0.25) is 0 Å². The van der Waals surface area contributed by atoms with Crippen molar-refractivity contribution in [3.63, 3.8) is 0 Å². The predicted octanol–water partition coefficient (Wildman–Crippen LogP) is 5.15. The highest BCUT2D eigenvalue weighted by Crippen LogP contribution is 2.41. The highest BCUT2D eigenvalue weighted by atomic mass is 35.5. The van der Waals surface area contributed by atoms with Crippen molar-refractivity contribution in [1.82, 2.24) is 10.2 Å². The van der Waals surface area contributed by atoms with E-state index in [4.69, 9.17) is 41.8 Å². The molecule has 6 nitrogen and oxygen atoms in total. The lowest BCUT2D eigenvalue weighted by Gasteiger charge is -2.12. The van der Waals surface area contributed by atoms with Crippen LogP contribution >= 0.6 is 23.2 Å². The molecule has 27 heavy (non-hydrogen) atoms. The molecule has 3 aromatic rings. The zero-order valence-electron chi connectivity index (χ0n) is 14.8. The third-order valence-corrected chi connectivity index (χ3v) is 4.23. The van der Waals surface area contributed by atoms with Gasteiger partial charge >= 0.3 is 0 Å². The summed E-state index contributed by atoms with van der Waals surface area (Å²) in [6, 6.07) is 10.6. The first kappa shape index (κ1) is 19.1. The van der Waals surface area contributed by atoms with E-state index in [1.54, 1.807) is 30.3 Å². The topological polar surface area (TPSA) is 66.6 Å². The molecule has 0 aliphatic carbocycles. The third-order valence-electron chi connectivity index (χ3n) is 3.70. The Balaban J connectivity index is 1.94. The molecule has 140 valence electrons. The lowest BCUT2D eigenvalue weighted by Crippen LogP contribution is -1.95. The van der Waals surface area contributed by atoms with Gasteiger partial charge in [0.1, 0.15) is 5.03 Å². The molecule has 0 spiro atoms. The van der Waals surface area contributed by atoms with Gasteiger partial charge in [0.15, 0.2) is 11.5 Å². The molecule has 0 amide bonds. The van der Waals surface area contributed by atoms with Crippen molar-refractivity contribution in [2.75, 3.05) is 21.3 Å². The minimum atomic E-state index is 0.190. The summed E-state index contributed by atoms with van der Waals surface area (Å²) in [7, 11) is 4.60. The first-order valence-electron chi connectivity index (χ1n) is 7.82. The van der Waals surface area contributed by atoms with E-state index in [-0.39, 0.29) is 11.8 Å². The highest BCUT2D eigenvalue weighted by Gasteiger charge is 2.18. The Labute approximate surface area is 166 Å². The summed E-state index contributed by atoms with van der Waals surface area (Å²) < 4.78 is 21.7. The molecule has 1 aromatic heterocycles. The summed E-state index contributed by atoms with van der Waals surface area (Å²) in [6.07, 6.45) is 1.71. The van der Waals surface area contributed by atoms with Crippen molar-refractivity contribution in [2.24, 2.45) is 0 Å². The molecule has 0 atom stereocenters. The Morgan fingerprint density at radius 1 is 0.963 bits per heavy atom. The average Bonchev–Trinajstić information content (AvgIpc) is 3.19. The normalized spacial score (nSPS) is 11.4. The summed E-state index contributed by atoms with van der Waals surface area (Å²) in [6.45, 7) is 0. The van der Waals surface area contributed by atoms with Crippen molar-refractivity contribution in [3.8, 4) is 28.7 Å². The average molecular weight is 407 g/mol. The van der Waals surface area contributed by atoms with Crippen molar-refractivity contribution in [3.05, 3.63) is 52.9 Å². The van der Waals surface area contributed by atoms with E-state index in [9.17, 15) is 0 Å². The molecule has 0 unspecified atom stereocenters. The van der Waals surface area contributed by atoms with Crippen LogP contribution in [-0.4, -0.2) is 31.5 Å². The van der Waals surface area contributed by atoms with Gasteiger partial charge in [0.05, 0.1) is 21.3 Å². The van der Waals surface area contributed by atoms with E-state index in [2.05, 4.69) is 10.2 Å². The monoisotopic (exact) mass is 406 g/mol. The molecule has 0 fully saturated rings. The first-order valence-corrected chi connectivity index (χ1v) is 8.58. The number of hydrogen-bond donors (Lipinski definition) is 0. The molecule has 2 aromatic carbocycles. The molecule has 8 heteroatoms. The zero-order chi connectivity index (χ0) is 19.4. The largest absolute Gasteiger partial charge is 0.493 e. The zero-order valence-corrected chi connectivity index (χ0v) is 16.3. The molecule has 0 aliphatic heterocycles. The van der Waals surface area contributed by atoms with Crippen molar-refractivity contribution in [2.45, 2.75) is 0 Å². The van der Waals surface area contributed by atoms with Crippen LogP contribution in [0.3, 0.4) is 0 Å². The Morgan fingerprint density at radius 3 is 2.15 bits per heavy atom. The van der Waals surface area contributed by atoms with Gasteiger partial charge in [-0.2, -0.15) is 0 Å². The van der Waals surface area contributed by atoms with Gasteiger partial charge in [-0.15, -0.1) is 10.2 Å². The van der Waals surface area contributed by atoms with Crippen molar-refractivity contribution >= 4 is 34.3 Å². The van der Waals surface area contributed by atoms with E-state index >= 15 is 0 Å². The van der Waals surface area contributed by atoms with E-state index in [0.29, 0.717) is 32.9 Å². The number of benzene rings is 2. The summed E-state index contributed by atoms with van der Waals surface area (Å²) in [5.74, 6) is 1.90. The van der Waals surface area contributed by atoms with Gasteiger partial charge in [-0.05, 0) is 35.9 Å². The molecule has 0 saturated carbocycles. The third kappa shape index (κ3) is 4.18. The van der Waals surface area contributed by atoms with Crippen LogP contribution < -0.4 is 14.2 Å². The molecular weight excluding hydrogens is 391 g/mol. The highest BCUT2D eigenvalue weighted by molar-refractivity contribution is 6.50.